The van der Waals surface area contributed by atoms with E-state index in [1.807, 2.05) is 42.5 Å². The van der Waals surface area contributed by atoms with Gasteiger partial charge >= 0.3 is 5.97 Å². The molecule has 0 aliphatic rings. The van der Waals surface area contributed by atoms with Crippen LogP contribution in [0.3, 0.4) is 0 Å². The number of amides is 3. The number of likely N-dealkylation sites (N-methyl/N-ethyl adjacent to an activating group) is 1. The molecule has 0 heterocycles. The third-order valence-corrected chi connectivity index (χ3v) is 6.97. The molecular formula is C27H40IN3O7. The average Bonchev–Trinajstić information content (AvgIpc) is 2.81. The number of carboxylic acids is 1. The fraction of sp³-hybridized carbons (Fsp3) is 0.556. The predicted octanol–water partition coefficient (Wildman–Crippen LogP) is 2.45. The number of allylic oxidation sites excluding steroid dienone is 2. The summed E-state index contributed by atoms with van der Waals surface area (Å²) in [5.74, 6) is -2.82. The number of carboxylic acid groups (broad SMARTS) is 1. The highest BCUT2D eigenvalue weighted by Gasteiger charge is 2.30. The number of aromatic hydroxyl groups is 1. The van der Waals surface area contributed by atoms with E-state index in [1.54, 1.807) is 26.0 Å². The second-order valence-electron chi connectivity index (χ2n) is 9.98. The number of carbonyl (C=O) groups excluding carboxylic acids is 3. The number of nitrogens with one attached hydrogen (secondary N) is 2. The number of hydrogen-bond acceptors (Lipinski definition) is 6. The van der Waals surface area contributed by atoms with E-state index in [0.29, 0.717) is 22.0 Å². The van der Waals surface area contributed by atoms with E-state index >= 15 is 0 Å². The molecule has 11 heteroatoms. The molecule has 0 aliphatic heterocycles. The monoisotopic (exact) mass is 645 g/mol. The Morgan fingerprint density at radius 2 is 1.74 bits per heavy atom. The maximum absolute atomic E-state index is 13.0. The van der Waals surface area contributed by atoms with E-state index in [-0.39, 0.29) is 30.5 Å². The minimum Gasteiger partial charge on any atom is -0.507 e. The number of aliphatic carboxylic acids is 1. The lowest BCUT2D eigenvalue weighted by Gasteiger charge is -2.28. The first-order chi connectivity index (χ1) is 17.6. The maximum atomic E-state index is 13.0. The van der Waals surface area contributed by atoms with Gasteiger partial charge in [-0.1, -0.05) is 31.6 Å². The van der Waals surface area contributed by atoms with Gasteiger partial charge in [-0.05, 0) is 79.8 Å². The molecule has 1 rings (SSSR count). The quantitative estimate of drug-likeness (QED) is 0.154. The number of halogens is 1. The first kappa shape index (κ1) is 33.4. The zero-order valence-corrected chi connectivity index (χ0v) is 25.0. The lowest BCUT2D eigenvalue weighted by Crippen LogP contribution is -2.54. The lowest BCUT2D eigenvalue weighted by molar-refractivity contribution is -0.143. The minimum atomic E-state index is -1.21. The average molecular weight is 646 g/mol. The summed E-state index contributed by atoms with van der Waals surface area (Å²) in [6.45, 7) is 8.41. The number of carbonyl (C=O) groups is 4. The van der Waals surface area contributed by atoms with Crippen LogP contribution < -0.4 is 10.6 Å². The molecule has 0 radical (unpaired) electrons. The zero-order valence-electron chi connectivity index (χ0n) is 22.8. The number of nitrogens with zero attached hydrogens (tertiary/aromatic N) is 1. The van der Waals surface area contributed by atoms with E-state index in [0.717, 1.165) is 5.57 Å². The Morgan fingerprint density at radius 1 is 1.11 bits per heavy atom. The highest BCUT2D eigenvalue weighted by molar-refractivity contribution is 14.1. The van der Waals surface area contributed by atoms with Crippen molar-refractivity contribution >= 4 is 46.3 Å². The van der Waals surface area contributed by atoms with Crippen molar-refractivity contribution in [2.45, 2.75) is 72.1 Å². The van der Waals surface area contributed by atoms with Crippen molar-refractivity contribution < 1.29 is 34.5 Å². The zero-order chi connectivity index (χ0) is 29.2. The molecule has 0 saturated heterocycles. The highest BCUT2D eigenvalue weighted by Crippen LogP contribution is 2.22. The van der Waals surface area contributed by atoms with Gasteiger partial charge in [0.15, 0.2) is 0 Å². The van der Waals surface area contributed by atoms with Gasteiger partial charge in [0.25, 0.3) is 0 Å². The van der Waals surface area contributed by atoms with Crippen molar-refractivity contribution in [2.24, 2.45) is 11.8 Å². The fourth-order valence-corrected chi connectivity index (χ4v) is 4.63. The molecule has 0 fully saturated rings. The van der Waals surface area contributed by atoms with Crippen molar-refractivity contribution in [2.75, 3.05) is 13.6 Å². The maximum Gasteiger partial charge on any atom is 0.325 e. The number of aliphatic hydroxyl groups excluding tert-OH is 1. The number of benzene rings is 1. The molecule has 0 aliphatic carbocycles. The van der Waals surface area contributed by atoms with E-state index in [9.17, 15) is 34.5 Å². The van der Waals surface area contributed by atoms with Gasteiger partial charge in [-0.3, -0.25) is 19.2 Å². The summed E-state index contributed by atoms with van der Waals surface area (Å²) < 4.78 is 0.568. The molecular weight excluding hydrogens is 605 g/mol. The SMILES string of the molecule is C/C(=C\[C@H](C)C[C@H](C)O)C[C@H](C)C(=O)NCC(=O)N(C)[C@H](Cc1ccc(O)c(I)c1)C(=O)N[C@@H](C)C(=O)O. The van der Waals surface area contributed by atoms with Gasteiger partial charge in [0.05, 0.1) is 16.2 Å². The molecule has 0 unspecified atom stereocenters. The standard InChI is InChI=1S/C27H40IN3O7/c1-15(9-16(2)11-18(4)32)10-17(3)25(35)29-14-24(34)31(6)22(26(36)30-19(5)27(37)38)13-20-7-8-23(33)21(28)12-20/h7-9,12,16-19,22,32-33H,10-11,13-14H2,1-6H3,(H,29,35)(H,30,36)(H,37,38)/b15-9+/t16-,17-,18-,19-,22+/m0/s1. The van der Waals surface area contributed by atoms with Crippen LogP contribution in [0.1, 0.15) is 53.0 Å². The first-order valence-corrected chi connectivity index (χ1v) is 13.6. The molecule has 1 aromatic carbocycles. The summed E-state index contributed by atoms with van der Waals surface area (Å²) in [6.07, 6.45) is 2.82. The third-order valence-electron chi connectivity index (χ3n) is 6.11. The van der Waals surface area contributed by atoms with Crippen LogP contribution in [0.15, 0.2) is 29.8 Å². The van der Waals surface area contributed by atoms with Gasteiger partial charge in [0.2, 0.25) is 17.7 Å². The molecule has 0 spiro atoms. The van der Waals surface area contributed by atoms with Gasteiger partial charge in [0, 0.05) is 19.4 Å². The molecule has 0 bridgehead atoms. The van der Waals surface area contributed by atoms with Crippen LogP contribution in [0.25, 0.3) is 0 Å². The van der Waals surface area contributed by atoms with Gasteiger partial charge < -0.3 is 30.9 Å². The highest BCUT2D eigenvalue weighted by atomic mass is 127. The van der Waals surface area contributed by atoms with Crippen LogP contribution in [-0.4, -0.2) is 75.7 Å². The number of hydrogen-bond donors (Lipinski definition) is 5. The Balaban J connectivity index is 2.89. The van der Waals surface area contributed by atoms with Crippen molar-refractivity contribution in [3.63, 3.8) is 0 Å². The van der Waals surface area contributed by atoms with E-state index in [2.05, 4.69) is 10.6 Å². The summed E-state index contributed by atoms with van der Waals surface area (Å²) in [4.78, 5) is 51.0. The summed E-state index contributed by atoms with van der Waals surface area (Å²) in [5, 5.41) is 33.5. The summed E-state index contributed by atoms with van der Waals surface area (Å²) in [6, 6.07) is 2.58. The lowest BCUT2D eigenvalue weighted by atomic mass is 9.96. The molecule has 0 aromatic heterocycles. The summed E-state index contributed by atoms with van der Waals surface area (Å²) in [5.41, 5.74) is 1.68. The Morgan fingerprint density at radius 3 is 2.29 bits per heavy atom. The molecule has 38 heavy (non-hydrogen) atoms. The van der Waals surface area contributed by atoms with Gasteiger partial charge in [-0.15, -0.1) is 0 Å². The number of rotatable bonds is 14. The van der Waals surface area contributed by atoms with Gasteiger partial charge in [-0.25, -0.2) is 0 Å². The molecule has 212 valence electrons. The van der Waals surface area contributed by atoms with E-state index in [4.69, 9.17) is 0 Å². The smallest absolute Gasteiger partial charge is 0.325 e. The second kappa shape index (κ2) is 15.7. The molecule has 5 atom stereocenters. The van der Waals surface area contributed by atoms with E-state index < -0.39 is 41.9 Å². The molecule has 10 nitrogen and oxygen atoms in total. The Labute approximate surface area is 238 Å². The number of phenolic OH excluding ortho intramolecular Hbond substituents is 1. The van der Waals surface area contributed by atoms with E-state index in [1.165, 1.54) is 24.9 Å². The van der Waals surface area contributed by atoms with Crippen LogP contribution in [0, 0.1) is 15.4 Å². The fourth-order valence-electron chi connectivity index (χ4n) is 4.05. The summed E-state index contributed by atoms with van der Waals surface area (Å²) in [7, 11) is 1.43. The van der Waals surface area contributed by atoms with Crippen molar-refractivity contribution in [3.05, 3.63) is 39.0 Å². The second-order valence-corrected chi connectivity index (χ2v) is 11.1. The topological polar surface area (TPSA) is 156 Å². The Hall–Kier alpha value is -2.67. The number of phenols is 1. The van der Waals surface area contributed by atoms with Crippen LogP contribution in [0.2, 0.25) is 0 Å². The molecule has 3 amide bonds. The normalized spacial score (nSPS) is 15.5. The third kappa shape index (κ3) is 11.4. The molecule has 5 N–H and O–H groups in total. The Bertz CT molecular complexity index is 1030. The van der Waals surface area contributed by atoms with Crippen LogP contribution in [-0.2, 0) is 25.6 Å². The van der Waals surface area contributed by atoms with Crippen molar-refractivity contribution in [1.29, 1.82) is 0 Å². The van der Waals surface area contributed by atoms with Crippen molar-refractivity contribution in [3.8, 4) is 5.75 Å². The number of aliphatic hydroxyl groups is 1. The van der Waals surface area contributed by atoms with Gasteiger partial charge in [-0.2, -0.15) is 0 Å². The predicted molar refractivity (Wildman–Crippen MR) is 152 cm³/mol. The molecule has 0 saturated carbocycles. The molecule has 1 aromatic rings. The largest absolute Gasteiger partial charge is 0.507 e. The van der Waals surface area contributed by atoms with Crippen molar-refractivity contribution in [1.82, 2.24) is 15.5 Å². The van der Waals surface area contributed by atoms with Crippen LogP contribution in [0.5, 0.6) is 5.75 Å². The van der Waals surface area contributed by atoms with Gasteiger partial charge in [0.1, 0.15) is 17.8 Å². The van der Waals surface area contributed by atoms with Crippen LogP contribution in [0.4, 0.5) is 0 Å². The summed E-state index contributed by atoms with van der Waals surface area (Å²) >= 11 is 1.95. The minimum absolute atomic E-state index is 0.0790. The Kier molecular flexibility index (Phi) is 13.8. The first-order valence-electron chi connectivity index (χ1n) is 12.5. The van der Waals surface area contributed by atoms with Crippen LogP contribution >= 0.6 is 22.6 Å².